The summed E-state index contributed by atoms with van der Waals surface area (Å²) in [5.41, 5.74) is 1.03. The quantitative estimate of drug-likeness (QED) is 0.678. The number of nitrogens with zero attached hydrogens (tertiary/aromatic N) is 3. The number of amides is 1. The molecule has 0 unspecified atom stereocenters. The molecule has 2 aromatic rings. The van der Waals surface area contributed by atoms with Gasteiger partial charge in [-0.05, 0) is 29.1 Å². The van der Waals surface area contributed by atoms with Crippen molar-refractivity contribution in [3.05, 3.63) is 47.3 Å². The number of carbonyl (C=O) groups is 1. The van der Waals surface area contributed by atoms with Crippen LogP contribution in [0.2, 0.25) is 0 Å². The molecule has 7 nitrogen and oxygen atoms in total. The molecule has 0 atom stereocenters. The highest BCUT2D eigenvalue weighted by molar-refractivity contribution is 7.91. The lowest BCUT2D eigenvalue weighted by Crippen LogP contribution is -2.51. The van der Waals surface area contributed by atoms with Crippen LogP contribution in [0.25, 0.3) is 0 Å². The second-order valence-electron chi connectivity index (χ2n) is 6.71. The van der Waals surface area contributed by atoms with Gasteiger partial charge in [0.25, 0.3) is 10.0 Å². The first-order chi connectivity index (χ1) is 13.4. The van der Waals surface area contributed by atoms with Gasteiger partial charge in [0.1, 0.15) is 9.96 Å². The van der Waals surface area contributed by atoms with Crippen molar-refractivity contribution in [2.45, 2.75) is 10.8 Å². The molecule has 9 heteroatoms. The minimum Gasteiger partial charge on any atom is -0.497 e. The summed E-state index contributed by atoms with van der Waals surface area (Å²) in [5.74, 6) is 0.804. The summed E-state index contributed by atoms with van der Waals surface area (Å²) in [7, 11) is -0.0109. The first-order valence-corrected chi connectivity index (χ1v) is 11.3. The zero-order valence-corrected chi connectivity index (χ0v) is 17.7. The monoisotopic (exact) mass is 423 g/mol. The molecule has 0 bridgehead atoms. The molecule has 1 fully saturated rings. The van der Waals surface area contributed by atoms with Crippen molar-refractivity contribution in [1.29, 1.82) is 0 Å². The second-order valence-corrected chi connectivity index (χ2v) is 9.82. The number of benzene rings is 1. The Morgan fingerprint density at radius 2 is 1.82 bits per heavy atom. The normalized spacial score (nSPS) is 16.1. The highest BCUT2D eigenvalue weighted by atomic mass is 32.2. The zero-order valence-electron chi connectivity index (χ0n) is 16.1. The summed E-state index contributed by atoms with van der Waals surface area (Å²) in [6.45, 7) is 2.71. The third-order valence-electron chi connectivity index (χ3n) is 4.78. The standard InChI is InChI=1S/C19H25N3O4S2/c1-20(14-16-5-7-17(26-2)8-6-16)18(23)15-21-9-11-22(12-10-21)28(24,25)19-4-3-13-27-19/h3-8,13H,9-12,14-15H2,1-2H3. The van der Waals surface area contributed by atoms with Gasteiger partial charge in [0, 0.05) is 39.8 Å². The number of thiophene rings is 1. The molecule has 1 saturated heterocycles. The van der Waals surface area contributed by atoms with Crippen molar-refractivity contribution in [3.8, 4) is 5.75 Å². The van der Waals surface area contributed by atoms with Gasteiger partial charge in [-0.15, -0.1) is 11.3 Å². The number of hydrogen-bond donors (Lipinski definition) is 0. The van der Waals surface area contributed by atoms with Crippen LogP contribution in [0.15, 0.2) is 46.0 Å². The molecule has 1 aromatic carbocycles. The van der Waals surface area contributed by atoms with Crippen LogP contribution < -0.4 is 4.74 Å². The first kappa shape index (κ1) is 20.8. The highest BCUT2D eigenvalue weighted by Gasteiger charge is 2.30. The van der Waals surface area contributed by atoms with E-state index in [1.165, 1.54) is 15.6 Å². The molecule has 152 valence electrons. The number of piperazine rings is 1. The number of methoxy groups -OCH3 is 1. The Labute approximate surface area is 170 Å². The number of likely N-dealkylation sites (N-methyl/N-ethyl adjacent to an activating group) is 1. The van der Waals surface area contributed by atoms with Crippen LogP contribution in [0.3, 0.4) is 0 Å². The Morgan fingerprint density at radius 1 is 1.14 bits per heavy atom. The van der Waals surface area contributed by atoms with Gasteiger partial charge >= 0.3 is 0 Å². The molecule has 1 amide bonds. The highest BCUT2D eigenvalue weighted by Crippen LogP contribution is 2.22. The molecule has 0 spiro atoms. The second kappa shape index (κ2) is 9.04. The number of hydrogen-bond acceptors (Lipinski definition) is 6. The summed E-state index contributed by atoms with van der Waals surface area (Å²) in [6.07, 6.45) is 0. The van der Waals surface area contributed by atoms with Gasteiger partial charge in [0.2, 0.25) is 5.91 Å². The van der Waals surface area contributed by atoms with E-state index in [0.717, 1.165) is 11.3 Å². The molecule has 28 heavy (non-hydrogen) atoms. The van der Waals surface area contributed by atoms with Gasteiger partial charge in [-0.1, -0.05) is 18.2 Å². The van der Waals surface area contributed by atoms with Crippen LogP contribution in [-0.4, -0.2) is 75.3 Å². The molecular formula is C19H25N3O4S2. The van der Waals surface area contributed by atoms with Crippen molar-refractivity contribution < 1.29 is 17.9 Å². The predicted molar refractivity (Wildman–Crippen MR) is 109 cm³/mol. The molecule has 3 rings (SSSR count). The average Bonchev–Trinajstić information content (AvgIpc) is 3.25. The molecule has 0 aliphatic carbocycles. The molecule has 0 N–H and O–H groups in total. The Kier molecular flexibility index (Phi) is 6.71. The zero-order chi connectivity index (χ0) is 20.1. The summed E-state index contributed by atoms with van der Waals surface area (Å²) >= 11 is 1.23. The maximum absolute atomic E-state index is 12.6. The topological polar surface area (TPSA) is 70.2 Å². The van der Waals surface area contributed by atoms with E-state index in [1.807, 2.05) is 29.2 Å². The first-order valence-electron chi connectivity index (χ1n) is 9.03. The predicted octanol–water partition coefficient (Wildman–Crippen LogP) is 1.72. The van der Waals surface area contributed by atoms with E-state index < -0.39 is 10.0 Å². The molecule has 2 heterocycles. The summed E-state index contributed by atoms with van der Waals surface area (Å²) in [6, 6.07) is 11.0. The van der Waals surface area contributed by atoms with Gasteiger partial charge in [-0.25, -0.2) is 8.42 Å². The molecule has 1 aliphatic rings. The minimum atomic E-state index is -3.41. The van der Waals surface area contributed by atoms with E-state index >= 15 is 0 Å². The fourth-order valence-electron chi connectivity index (χ4n) is 3.07. The number of ether oxygens (including phenoxy) is 1. The van der Waals surface area contributed by atoms with Crippen molar-refractivity contribution in [1.82, 2.24) is 14.1 Å². The van der Waals surface area contributed by atoms with Gasteiger partial charge in [-0.3, -0.25) is 9.69 Å². The number of sulfonamides is 1. The summed E-state index contributed by atoms with van der Waals surface area (Å²) in [4.78, 5) is 16.2. The van der Waals surface area contributed by atoms with Gasteiger partial charge in [0.15, 0.2) is 0 Å². The SMILES string of the molecule is COc1ccc(CN(C)C(=O)CN2CCN(S(=O)(=O)c3cccs3)CC2)cc1. The Bertz CT molecular complexity index is 874. The van der Waals surface area contributed by atoms with Gasteiger partial charge in [-0.2, -0.15) is 4.31 Å². The lowest BCUT2D eigenvalue weighted by Gasteiger charge is -2.34. The Morgan fingerprint density at radius 3 is 2.39 bits per heavy atom. The lowest BCUT2D eigenvalue weighted by atomic mass is 10.2. The van der Waals surface area contributed by atoms with Crippen molar-refractivity contribution >= 4 is 27.3 Å². The third-order valence-corrected chi connectivity index (χ3v) is 8.06. The van der Waals surface area contributed by atoms with Crippen molar-refractivity contribution in [2.24, 2.45) is 0 Å². The van der Waals surface area contributed by atoms with E-state index in [0.29, 0.717) is 43.5 Å². The smallest absolute Gasteiger partial charge is 0.252 e. The van der Waals surface area contributed by atoms with Crippen LogP contribution in [-0.2, 0) is 21.4 Å². The number of rotatable bonds is 7. The lowest BCUT2D eigenvalue weighted by molar-refractivity contribution is -0.131. The summed E-state index contributed by atoms with van der Waals surface area (Å²) in [5, 5.41) is 1.76. The van der Waals surface area contributed by atoms with Crippen LogP contribution in [0, 0.1) is 0 Å². The van der Waals surface area contributed by atoms with E-state index in [-0.39, 0.29) is 5.91 Å². The maximum atomic E-state index is 12.6. The van der Waals surface area contributed by atoms with Crippen LogP contribution >= 0.6 is 11.3 Å². The van der Waals surface area contributed by atoms with E-state index in [9.17, 15) is 13.2 Å². The average molecular weight is 424 g/mol. The maximum Gasteiger partial charge on any atom is 0.252 e. The fraction of sp³-hybridized carbons (Fsp3) is 0.421. The van der Waals surface area contributed by atoms with Crippen molar-refractivity contribution in [3.63, 3.8) is 0 Å². The van der Waals surface area contributed by atoms with E-state index in [2.05, 4.69) is 0 Å². The Balaban J connectivity index is 1.49. The Hall–Kier alpha value is -1.94. The van der Waals surface area contributed by atoms with E-state index in [1.54, 1.807) is 36.6 Å². The van der Waals surface area contributed by atoms with Crippen LogP contribution in [0.4, 0.5) is 0 Å². The third kappa shape index (κ3) is 4.91. The summed E-state index contributed by atoms with van der Waals surface area (Å²) < 4.78 is 32.2. The molecular weight excluding hydrogens is 398 g/mol. The largest absolute Gasteiger partial charge is 0.497 e. The minimum absolute atomic E-state index is 0.0189. The molecule has 1 aromatic heterocycles. The van der Waals surface area contributed by atoms with Crippen LogP contribution in [0.5, 0.6) is 5.75 Å². The fourth-order valence-corrected chi connectivity index (χ4v) is 5.64. The van der Waals surface area contributed by atoms with Crippen molar-refractivity contribution in [2.75, 3.05) is 46.9 Å². The molecule has 1 aliphatic heterocycles. The number of carbonyl (C=O) groups excluding carboxylic acids is 1. The van der Waals surface area contributed by atoms with E-state index in [4.69, 9.17) is 4.74 Å². The molecule has 0 radical (unpaired) electrons. The van der Waals surface area contributed by atoms with Crippen LogP contribution in [0.1, 0.15) is 5.56 Å². The molecule has 0 saturated carbocycles. The van der Waals surface area contributed by atoms with Gasteiger partial charge < -0.3 is 9.64 Å². The van der Waals surface area contributed by atoms with Gasteiger partial charge in [0.05, 0.1) is 13.7 Å².